The van der Waals surface area contributed by atoms with E-state index in [1.807, 2.05) is 24.3 Å². The number of nitrogens with zero attached hydrogens (tertiary/aromatic N) is 1. The molecule has 0 radical (unpaired) electrons. The maximum atomic E-state index is 12.4. The molecule has 1 aromatic carbocycles. The number of nitrogens with one attached hydrogen (secondary N) is 3. The van der Waals surface area contributed by atoms with Crippen molar-refractivity contribution in [2.45, 2.75) is 59.1 Å². The molecule has 1 heterocycles. The predicted octanol–water partition coefficient (Wildman–Crippen LogP) is 3.68. The van der Waals surface area contributed by atoms with Crippen molar-refractivity contribution < 1.29 is 14.3 Å². The first kappa shape index (κ1) is 20.7. The van der Waals surface area contributed by atoms with Crippen molar-refractivity contribution in [3.05, 3.63) is 30.1 Å². The largest absolute Gasteiger partial charge is 0.444 e. The molecule has 2 amide bonds. The summed E-state index contributed by atoms with van der Waals surface area (Å²) in [5.41, 5.74) is 1.26. The number of carbonyl (C=O) groups excluding carboxylic acids is 2. The third-order valence-corrected chi connectivity index (χ3v) is 4.25. The Morgan fingerprint density at radius 2 is 1.96 bits per heavy atom. The summed E-state index contributed by atoms with van der Waals surface area (Å²) in [6.45, 7) is 9.76. The second kappa shape index (κ2) is 8.88. The Labute approximate surface area is 160 Å². The molecule has 1 aromatic heterocycles. The average Bonchev–Trinajstić information content (AvgIpc) is 3.01. The van der Waals surface area contributed by atoms with E-state index in [0.29, 0.717) is 0 Å². The number of fused-ring (bicyclic) bond motifs is 1. The van der Waals surface area contributed by atoms with Crippen LogP contribution in [0.2, 0.25) is 0 Å². The minimum atomic E-state index is -0.560. The summed E-state index contributed by atoms with van der Waals surface area (Å²) in [6, 6.07) is 7.58. The van der Waals surface area contributed by atoms with Crippen LogP contribution >= 0.6 is 0 Å². The van der Waals surface area contributed by atoms with E-state index >= 15 is 0 Å². The Balaban J connectivity index is 1.95. The van der Waals surface area contributed by atoms with Gasteiger partial charge >= 0.3 is 6.09 Å². The van der Waals surface area contributed by atoms with Crippen LogP contribution in [-0.4, -0.2) is 34.1 Å². The molecule has 3 N–H and O–H groups in total. The molecule has 0 bridgehead atoms. The molecule has 0 saturated heterocycles. The molecule has 0 spiro atoms. The molecule has 2 unspecified atom stereocenters. The van der Waals surface area contributed by atoms with Gasteiger partial charge in [-0.25, -0.2) is 9.78 Å². The van der Waals surface area contributed by atoms with Gasteiger partial charge in [0, 0.05) is 13.0 Å². The summed E-state index contributed by atoms with van der Waals surface area (Å²) in [5, 5.41) is 5.64. The third kappa shape index (κ3) is 6.27. The quantitative estimate of drug-likeness (QED) is 0.689. The molecule has 7 heteroatoms. The molecule has 0 aliphatic carbocycles. The van der Waals surface area contributed by atoms with Crippen LogP contribution in [0.3, 0.4) is 0 Å². The lowest BCUT2D eigenvalue weighted by Crippen LogP contribution is -2.37. The Kier molecular flexibility index (Phi) is 6.82. The fourth-order valence-electron chi connectivity index (χ4n) is 2.67. The number of rotatable bonds is 7. The first-order valence-corrected chi connectivity index (χ1v) is 9.40. The fourth-order valence-corrected chi connectivity index (χ4v) is 2.67. The number of imidazole rings is 1. The molecule has 0 aliphatic heterocycles. The zero-order valence-corrected chi connectivity index (χ0v) is 16.8. The van der Waals surface area contributed by atoms with Gasteiger partial charge < -0.3 is 20.4 Å². The van der Waals surface area contributed by atoms with Gasteiger partial charge in [0.05, 0.1) is 17.1 Å². The smallest absolute Gasteiger partial charge is 0.407 e. The second-order valence-corrected chi connectivity index (χ2v) is 7.75. The predicted molar refractivity (Wildman–Crippen MR) is 105 cm³/mol. The van der Waals surface area contributed by atoms with Crippen LogP contribution in [0.15, 0.2) is 24.3 Å². The molecule has 0 saturated carbocycles. The molecular weight excluding hydrogens is 344 g/mol. The molecule has 7 nitrogen and oxygen atoms in total. The topological polar surface area (TPSA) is 96.1 Å². The number of hydrogen-bond acceptors (Lipinski definition) is 4. The number of para-hydroxylation sites is 2. The molecular formula is C20H30N4O3. The number of aromatic nitrogens is 2. The van der Waals surface area contributed by atoms with E-state index in [1.54, 1.807) is 20.8 Å². The van der Waals surface area contributed by atoms with Gasteiger partial charge in [-0.1, -0.05) is 32.4 Å². The highest BCUT2D eigenvalue weighted by atomic mass is 16.6. The van der Waals surface area contributed by atoms with Crippen molar-refractivity contribution in [3.8, 4) is 0 Å². The van der Waals surface area contributed by atoms with E-state index in [0.717, 1.165) is 23.3 Å². The summed E-state index contributed by atoms with van der Waals surface area (Å²) < 4.78 is 5.16. The van der Waals surface area contributed by atoms with Gasteiger partial charge in [-0.2, -0.15) is 0 Å². The maximum Gasteiger partial charge on any atom is 0.407 e. The summed E-state index contributed by atoms with van der Waals surface area (Å²) in [7, 11) is 0. The molecule has 148 valence electrons. The molecule has 0 aliphatic rings. The fraction of sp³-hybridized carbons (Fsp3) is 0.550. The highest BCUT2D eigenvalue weighted by Gasteiger charge is 2.23. The number of benzene rings is 1. The SMILES string of the molecule is CCC(C)C(NC(=O)CCNC(=O)OC(C)(C)C)c1nc2ccccc2[nH]1. The van der Waals surface area contributed by atoms with Crippen molar-refractivity contribution in [1.29, 1.82) is 0 Å². The number of ether oxygens (including phenoxy) is 1. The van der Waals surface area contributed by atoms with Crippen LogP contribution in [0.1, 0.15) is 59.3 Å². The van der Waals surface area contributed by atoms with Gasteiger partial charge in [-0.15, -0.1) is 0 Å². The lowest BCUT2D eigenvalue weighted by Gasteiger charge is -2.23. The van der Waals surface area contributed by atoms with Gasteiger partial charge in [-0.05, 0) is 38.8 Å². The van der Waals surface area contributed by atoms with Crippen molar-refractivity contribution in [2.75, 3.05) is 6.54 Å². The van der Waals surface area contributed by atoms with E-state index in [2.05, 4.69) is 34.4 Å². The first-order valence-electron chi connectivity index (χ1n) is 9.40. The van der Waals surface area contributed by atoms with Gasteiger partial charge in [-0.3, -0.25) is 4.79 Å². The number of H-pyrrole nitrogens is 1. The minimum absolute atomic E-state index is 0.142. The molecule has 2 rings (SSSR count). The number of carbonyl (C=O) groups is 2. The van der Waals surface area contributed by atoms with E-state index < -0.39 is 11.7 Å². The Bertz CT molecular complexity index is 746. The lowest BCUT2D eigenvalue weighted by molar-refractivity contribution is -0.122. The molecule has 27 heavy (non-hydrogen) atoms. The first-order chi connectivity index (χ1) is 12.7. The van der Waals surface area contributed by atoms with Crippen LogP contribution in [0.5, 0.6) is 0 Å². The monoisotopic (exact) mass is 374 g/mol. The summed E-state index contributed by atoms with van der Waals surface area (Å²) in [4.78, 5) is 32.0. The van der Waals surface area contributed by atoms with Crippen molar-refractivity contribution in [2.24, 2.45) is 5.92 Å². The number of aromatic amines is 1. The van der Waals surface area contributed by atoms with Crippen LogP contribution < -0.4 is 10.6 Å². The van der Waals surface area contributed by atoms with E-state index in [-0.39, 0.29) is 30.8 Å². The van der Waals surface area contributed by atoms with Gasteiger partial charge in [0.2, 0.25) is 5.91 Å². The zero-order valence-electron chi connectivity index (χ0n) is 16.8. The highest BCUT2D eigenvalue weighted by Crippen LogP contribution is 2.24. The molecule has 2 aromatic rings. The van der Waals surface area contributed by atoms with Crippen molar-refractivity contribution in [3.63, 3.8) is 0 Å². The number of hydrogen-bond donors (Lipinski definition) is 3. The Hall–Kier alpha value is -2.57. The average molecular weight is 374 g/mol. The van der Waals surface area contributed by atoms with Crippen molar-refractivity contribution in [1.82, 2.24) is 20.6 Å². The summed E-state index contributed by atoms with van der Waals surface area (Å²) in [6.07, 6.45) is 0.552. The molecule has 2 atom stereocenters. The number of alkyl carbamates (subject to hydrolysis) is 1. The maximum absolute atomic E-state index is 12.4. The van der Waals surface area contributed by atoms with E-state index in [4.69, 9.17) is 4.74 Å². The highest BCUT2D eigenvalue weighted by molar-refractivity contribution is 5.78. The summed E-state index contributed by atoms with van der Waals surface area (Å²) >= 11 is 0. The van der Waals surface area contributed by atoms with Crippen LogP contribution in [-0.2, 0) is 9.53 Å². The van der Waals surface area contributed by atoms with E-state index in [9.17, 15) is 9.59 Å². The minimum Gasteiger partial charge on any atom is -0.444 e. The van der Waals surface area contributed by atoms with Crippen LogP contribution in [0, 0.1) is 5.92 Å². The van der Waals surface area contributed by atoms with Gasteiger partial charge in [0.25, 0.3) is 0 Å². The Morgan fingerprint density at radius 1 is 1.26 bits per heavy atom. The molecule has 0 fully saturated rings. The lowest BCUT2D eigenvalue weighted by atomic mass is 9.98. The van der Waals surface area contributed by atoms with Gasteiger partial charge in [0.15, 0.2) is 0 Å². The zero-order chi connectivity index (χ0) is 20.0. The van der Waals surface area contributed by atoms with Crippen molar-refractivity contribution >= 4 is 23.0 Å². The number of amides is 2. The normalized spacial score (nSPS) is 13.8. The standard InChI is InChI=1S/C20H30N4O3/c1-6-13(2)17(18-22-14-9-7-8-10-15(14)23-18)24-16(25)11-12-21-19(26)27-20(3,4)5/h7-10,13,17H,6,11-12H2,1-5H3,(H,21,26)(H,22,23)(H,24,25). The Morgan fingerprint density at radius 3 is 2.59 bits per heavy atom. The summed E-state index contributed by atoms with van der Waals surface area (Å²) in [5.74, 6) is 0.823. The van der Waals surface area contributed by atoms with E-state index in [1.165, 1.54) is 0 Å². The third-order valence-electron chi connectivity index (χ3n) is 4.25. The van der Waals surface area contributed by atoms with Crippen LogP contribution in [0.25, 0.3) is 11.0 Å². The second-order valence-electron chi connectivity index (χ2n) is 7.75. The van der Waals surface area contributed by atoms with Crippen LogP contribution in [0.4, 0.5) is 4.79 Å². The van der Waals surface area contributed by atoms with Gasteiger partial charge in [0.1, 0.15) is 11.4 Å².